The Bertz CT molecular complexity index is 354. The van der Waals surface area contributed by atoms with Crippen LogP contribution in [0.5, 0.6) is 0 Å². The van der Waals surface area contributed by atoms with E-state index in [4.69, 9.17) is 4.74 Å². The molecule has 0 spiro atoms. The van der Waals surface area contributed by atoms with E-state index in [-0.39, 0.29) is 17.5 Å². The molecule has 0 aliphatic rings. The van der Waals surface area contributed by atoms with Crippen molar-refractivity contribution in [1.29, 1.82) is 0 Å². The maximum atomic E-state index is 12.9. The SMILES string of the molecule is CC(C)NCC(OC(C)(C)C)c1ccc(F)cc1. The molecule has 18 heavy (non-hydrogen) atoms. The van der Waals surface area contributed by atoms with Crippen LogP contribution in [0.15, 0.2) is 24.3 Å². The summed E-state index contributed by atoms with van der Waals surface area (Å²) in [7, 11) is 0. The third-order valence-corrected chi connectivity index (χ3v) is 2.45. The lowest BCUT2D eigenvalue weighted by atomic mass is 10.1. The maximum Gasteiger partial charge on any atom is 0.123 e. The van der Waals surface area contributed by atoms with Crippen LogP contribution >= 0.6 is 0 Å². The van der Waals surface area contributed by atoms with Gasteiger partial charge in [0, 0.05) is 12.6 Å². The molecule has 0 saturated heterocycles. The molecule has 0 aliphatic carbocycles. The molecule has 0 fully saturated rings. The third kappa shape index (κ3) is 5.61. The van der Waals surface area contributed by atoms with E-state index in [9.17, 15) is 4.39 Å². The average Bonchev–Trinajstić information content (AvgIpc) is 2.23. The van der Waals surface area contributed by atoms with Crippen molar-refractivity contribution in [2.75, 3.05) is 6.54 Å². The third-order valence-electron chi connectivity index (χ3n) is 2.45. The predicted molar refractivity (Wildman–Crippen MR) is 73.1 cm³/mol. The van der Waals surface area contributed by atoms with E-state index in [0.29, 0.717) is 6.04 Å². The first-order chi connectivity index (χ1) is 8.28. The lowest BCUT2D eigenvalue weighted by molar-refractivity contribution is -0.0612. The molecule has 1 aromatic rings. The van der Waals surface area contributed by atoms with Crippen molar-refractivity contribution in [3.8, 4) is 0 Å². The second kappa shape index (κ2) is 6.30. The van der Waals surface area contributed by atoms with Gasteiger partial charge in [-0.3, -0.25) is 0 Å². The van der Waals surface area contributed by atoms with Gasteiger partial charge in [0.1, 0.15) is 5.82 Å². The molecule has 0 heterocycles. The van der Waals surface area contributed by atoms with E-state index in [1.165, 1.54) is 12.1 Å². The molecule has 1 unspecified atom stereocenters. The Kier molecular flexibility index (Phi) is 5.29. The fraction of sp³-hybridized carbons (Fsp3) is 0.600. The van der Waals surface area contributed by atoms with E-state index < -0.39 is 0 Å². The summed E-state index contributed by atoms with van der Waals surface area (Å²) in [4.78, 5) is 0. The first-order valence-electron chi connectivity index (χ1n) is 6.44. The number of ether oxygens (including phenoxy) is 1. The first kappa shape index (κ1) is 15.1. The van der Waals surface area contributed by atoms with Gasteiger partial charge in [-0.2, -0.15) is 0 Å². The smallest absolute Gasteiger partial charge is 0.123 e. The number of nitrogens with one attached hydrogen (secondary N) is 1. The van der Waals surface area contributed by atoms with Crippen LogP contribution in [-0.4, -0.2) is 18.2 Å². The van der Waals surface area contributed by atoms with Crippen LogP contribution < -0.4 is 5.32 Å². The van der Waals surface area contributed by atoms with Gasteiger partial charge >= 0.3 is 0 Å². The second-order valence-corrected chi connectivity index (χ2v) is 5.83. The average molecular weight is 253 g/mol. The standard InChI is InChI=1S/C15H24FNO/c1-11(2)17-10-14(18-15(3,4)5)12-6-8-13(16)9-7-12/h6-9,11,14,17H,10H2,1-5H3. The number of hydrogen-bond donors (Lipinski definition) is 1. The van der Waals surface area contributed by atoms with E-state index in [1.54, 1.807) is 12.1 Å². The lowest BCUT2D eigenvalue weighted by Crippen LogP contribution is -2.33. The van der Waals surface area contributed by atoms with Gasteiger partial charge in [0.15, 0.2) is 0 Å². The zero-order chi connectivity index (χ0) is 13.8. The minimum Gasteiger partial charge on any atom is -0.367 e. The molecule has 1 N–H and O–H groups in total. The van der Waals surface area contributed by atoms with Crippen LogP contribution in [0, 0.1) is 5.82 Å². The van der Waals surface area contributed by atoms with Crippen molar-refractivity contribution >= 4 is 0 Å². The summed E-state index contributed by atoms with van der Waals surface area (Å²) in [5.74, 6) is -0.218. The van der Waals surface area contributed by atoms with Gasteiger partial charge in [0.25, 0.3) is 0 Å². The molecule has 1 aromatic carbocycles. The predicted octanol–water partition coefficient (Wildman–Crippen LogP) is 3.68. The van der Waals surface area contributed by atoms with Crippen LogP contribution in [0.3, 0.4) is 0 Å². The highest BCUT2D eigenvalue weighted by molar-refractivity contribution is 5.19. The Morgan fingerprint density at radius 2 is 1.72 bits per heavy atom. The molecular weight excluding hydrogens is 229 g/mol. The van der Waals surface area contributed by atoms with E-state index >= 15 is 0 Å². The van der Waals surface area contributed by atoms with E-state index in [2.05, 4.69) is 19.2 Å². The van der Waals surface area contributed by atoms with E-state index in [1.807, 2.05) is 20.8 Å². The van der Waals surface area contributed by atoms with Gasteiger partial charge in [0.05, 0.1) is 11.7 Å². The summed E-state index contributed by atoms with van der Waals surface area (Å²) in [5, 5.41) is 3.36. The van der Waals surface area contributed by atoms with Crippen molar-refractivity contribution in [2.24, 2.45) is 0 Å². The van der Waals surface area contributed by atoms with Crippen LogP contribution in [0.4, 0.5) is 4.39 Å². The van der Waals surface area contributed by atoms with Crippen molar-refractivity contribution in [1.82, 2.24) is 5.32 Å². The molecular formula is C15H24FNO. The molecule has 0 amide bonds. The van der Waals surface area contributed by atoms with Crippen molar-refractivity contribution in [2.45, 2.75) is 52.4 Å². The zero-order valence-electron chi connectivity index (χ0n) is 12.0. The Labute approximate surface area is 110 Å². The topological polar surface area (TPSA) is 21.3 Å². The lowest BCUT2D eigenvalue weighted by Gasteiger charge is -2.29. The highest BCUT2D eigenvalue weighted by Gasteiger charge is 2.20. The molecule has 102 valence electrons. The van der Waals surface area contributed by atoms with Crippen LogP contribution in [0.25, 0.3) is 0 Å². The Hall–Kier alpha value is -0.930. The van der Waals surface area contributed by atoms with Gasteiger partial charge in [-0.25, -0.2) is 4.39 Å². The van der Waals surface area contributed by atoms with Crippen LogP contribution in [0.1, 0.15) is 46.3 Å². The fourth-order valence-electron chi connectivity index (χ4n) is 1.67. The summed E-state index contributed by atoms with van der Waals surface area (Å²) < 4.78 is 19.0. The molecule has 1 rings (SSSR count). The molecule has 3 heteroatoms. The zero-order valence-corrected chi connectivity index (χ0v) is 12.0. The molecule has 1 atom stereocenters. The largest absolute Gasteiger partial charge is 0.367 e. The van der Waals surface area contributed by atoms with Gasteiger partial charge in [-0.1, -0.05) is 26.0 Å². The number of benzene rings is 1. The number of rotatable bonds is 5. The first-order valence-corrected chi connectivity index (χ1v) is 6.44. The van der Waals surface area contributed by atoms with Gasteiger partial charge < -0.3 is 10.1 Å². The van der Waals surface area contributed by atoms with Crippen molar-refractivity contribution in [3.63, 3.8) is 0 Å². The summed E-state index contributed by atoms with van der Waals surface area (Å²) in [6.07, 6.45) is -0.0620. The summed E-state index contributed by atoms with van der Waals surface area (Å²) in [6, 6.07) is 6.92. The van der Waals surface area contributed by atoms with Crippen molar-refractivity contribution in [3.05, 3.63) is 35.6 Å². The number of hydrogen-bond acceptors (Lipinski definition) is 2. The van der Waals surface area contributed by atoms with Crippen LogP contribution in [-0.2, 0) is 4.74 Å². The quantitative estimate of drug-likeness (QED) is 0.864. The summed E-state index contributed by atoms with van der Waals surface area (Å²) >= 11 is 0. The Balaban J connectivity index is 2.79. The van der Waals surface area contributed by atoms with Gasteiger partial charge in [0.2, 0.25) is 0 Å². The normalized spacial score (nSPS) is 13.9. The molecule has 0 aliphatic heterocycles. The molecule has 2 nitrogen and oxygen atoms in total. The fourth-order valence-corrected chi connectivity index (χ4v) is 1.67. The number of halogens is 1. The maximum absolute atomic E-state index is 12.9. The molecule has 0 saturated carbocycles. The van der Waals surface area contributed by atoms with Gasteiger partial charge in [-0.15, -0.1) is 0 Å². The summed E-state index contributed by atoms with van der Waals surface area (Å²) in [6.45, 7) is 11.0. The monoisotopic (exact) mass is 253 g/mol. The minimum atomic E-state index is -0.224. The molecule has 0 aromatic heterocycles. The minimum absolute atomic E-state index is 0.0620. The molecule has 0 radical (unpaired) electrons. The Morgan fingerprint density at radius 1 is 1.17 bits per heavy atom. The molecule has 0 bridgehead atoms. The highest BCUT2D eigenvalue weighted by atomic mass is 19.1. The van der Waals surface area contributed by atoms with Gasteiger partial charge in [-0.05, 0) is 38.5 Å². The van der Waals surface area contributed by atoms with Crippen molar-refractivity contribution < 1.29 is 9.13 Å². The Morgan fingerprint density at radius 3 is 2.17 bits per heavy atom. The van der Waals surface area contributed by atoms with E-state index in [0.717, 1.165) is 12.1 Å². The van der Waals surface area contributed by atoms with Crippen LogP contribution in [0.2, 0.25) is 0 Å². The second-order valence-electron chi connectivity index (χ2n) is 5.83. The summed E-state index contributed by atoms with van der Waals surface area (Å²) in [5.41, 5.74) is 0.775. The highest BCUT2D eigenvalue weighted by Crippen LogP contribution is 2.23.